The van der Waals surface area contributed by atoms with Gasteiger partial charge in [-0.1, -0.05) is 20.8 Å². The van der Waals surface area contributed by atoms with Gasteiger partial charge in [-0.15, -0.1) is 0 Å². The molecule has 0 saturated heterocycles. The van der Waals surface area contributed by atoms with E-state index in [1.165, 1.54) is 26.1 Å². The van der Waals surface area contributed by atoms with Gasteiger partial charge in [0.2, 0.25) is 0 Å². The Hall–Kier alpha value is -0.0800. The van der Waals surface area contributed by atoms with Crippen LogP contribution >= 0.6 is 0 Å². The van der Waals surface area contributed by atoms with E-state index >= 15 is 0 Å². The molecular weight excluding hydrogens is 148 g/mol. The van der Waals surface area contributed by atoms with E-state index in [0.717, 1.165) is 12.5 Å². The van der Waals surface area contributed by atoms with Gasteiger partial charge in [0.15, 0.2) is 0 Å². The number of rotatable bonds is 7. The third kappa shape index (κ3) is 6.62. The highest BCUT2D eigenvalue weighted by molar-refractivity contribution is 4.58. The first-order chi connectivity index (χ1) is 5.70. The molecule has 0 bridgehead atoms. The largest absolute Gasteiger partial charge is 0.320 e. The predicted octanol–water partition coefficient (Wildman–Crippen LogP) is 1.57. The van der Waals surface area contributed by atoms with E-state index in [-0.39, 0.29) is 0 Å². The maximum atomic E-state index is 3.17. The molecule has 0 rings (SSSR count). The van der Waals surface area contributed by atoms with Crippen molar-refractivity contribution < 1.29 is 0 Å². The summed E-state index contributed by atoms with van der Waals surface area (Å²) in [7, 11) is 2.01. The molecule has 0 unspecified atom stereocenters. The van der Waals surface area contributed by atoms with E-state index in [2.05, 4.69) is 31.0 Å². The van der Waals surface area contributed by atoms with E-state index in [4.69, 9.17) is 0 Å². The van der Waals surface area contributed by atoms with Crippen LogP contribution in [-0.2, 0) is 0 Å². The van der Waals surface area contributed by atoms with Crippen LogP contribution in [0.1, 0.15) is 27.2 Å². The monoisotopic (exact) mass is 172 g/mol. The SMILES string of the molecule is CCN(CCCNC)CC(C)C. The first-order valence-electron chi connectivity index (χ1n) is 5.07. The Morgan fingerprint density at radius 2 is 2.00 bits per heavy atom. The highest BCUT2D eigenvalue weighted by Gasteiger charge is 2.03. The molecule has 0 amide bonds. The zero-order valence-corrected chi connectivity index (χ0v) is 9.06. The quantitative estimate of drug-likeness (QED) is 0.586. The summed E-state index contributed by atoms with van der Waals surface area (Å²) in [4.78, 5) is 2.52. The van der Waals surface area contributed by atoms with Gasteiger partial charge >= 0.3 is 0 Å². The second kappa shape index (κ2) is 7.56. The van der Waals surface area contributed by atoms with Crippen LogP contribution in [-0.4, -0.2) is 38.1 Å². The van der Waals surface area contributed by atoms with Gasteiger partial charge in [0, 0.05) is 6.54 Å². The molecule has 0 aromatic rings. The van der Waals surface area contributed by atoms with Gasteiger partial charge in [-0.05, 0) is 39.0 Å². The molecule has 0 fully saturated rings. The van der Waals surface area contributed by atoms with Gasteiger partial charge in [-0.2, -0.15) is 0 Å². The summed E-state index contributed by atoms with van der Waals surface area (Å²) in [6.45, 7) is 11.6. The minimum atomic E-state index is 0.791. The van der Waals surface area contributed by atoms with Crippen LogP contribution in [0.5, 0.6) is 0 Å². The summed E-state index contributed by atoms with van der Waals surface area (Å²) in [5.74, 6) is 0.791. The van der Waals surface area contributed by atoms with Crippen LogP contribution < -0.4 is 5.32 Å². The minimum Gasteiger partial charge on any atom is -0.320 e. The molecule has 0 aliphatic carbocycles. The van der Waals surface area contributed by atoms with Crippen molar-refractivity contribution in [2.24, 2.45) is 5.92 Å². The smallest absolute Gasteiger partial charge is 0.000428 e. The highest BCUT2D eigenvalue weighted by atomic mass is 15.1. The van der Waals surface area contributed by atoms with E-state index in [9.17, 15) is 0 Å². The second-order valence-corrected chi connectivity index (χ2v) is 3.74. The molecule has 0 aromatic carbocycles. The highest BCUT2D eigenvalue weighted by Crippen LogP contribution is 1.98. The van der Waals surface area contributed by atoms with Crippen molar-refractivity contribution in [3.8, 4) is 0 Å². The topological polar surface area (TPSA) is 15.3 Å². The molecule has 0 spiro atoms. The summed E-state index contributed by atoms with van der Waals surface area (Å²) in [6, 6.07) is 0. The molecule has 0 aliphatic rings. The molecule has 0 radical (unpaired) electrons. The van der Waals surface area contributed by atoms with Crippen molar-refractivity contribution in [2.45, 2.75) is 27.2 Å². The van der Waals surface area contributed by atoms with E-state index in [1.807, 2.05) is 7.05 Å². The lowest BCUT2D eigenvalue weighted by molar-refractivity contribution is 0.253. The van der Waals surface area contributed by atoms with Gasteiger partial charge < -0.3 is 10.2 Å². The van der Waals surface area contributed by atoms with Crippen LogP contribution in [0.4, 0.5) is 0 Å². The second-order valence-electron chi connectivity index (χ2n) is 3.74. The Bertz CT molecular complexity index is 91.8. The van der Waals surface area contributed by atoms with Crippen LogP contribution in [0.3, 0.4) is 0 Å². The Morgan fingerprint density at radius 3 is 2.42 bits per heavy atom. The van der Waals surface area contributed by atoms with Crippen molar-refractivity contribution in [2.75, 3.05) is 33.2 Å². The Kier molecular flexibility index (Phi) is 7.51. The van der Waals surface area contributed by atoms with Crippen LogP contribution in [0.2, 0.25) is 0 Å². The van der Waals surface area contributed by atoms with Gasteiger partial charge in [-0.3, -0.25) is 0 Å². The van der Waals surface area contributed by atoms with Crippen LogP contribution in [0.25, 0.3) is 0 Å². The van der Waals surface area contributed by atoms with Crippen LogP contribution in [0.15, 0.2) is 0 Å². The lowest BCUT2D eigenvalue weighted by Gasteiger charge is -2.22. The molecule has 1 N–H and O–H groups in total. The summed E-state index contributed by atoms with van der Waals surface area (Å²) in [5.41, 5.74) is 0. The average molecular weight is 172 g/mol. The molecule has 0 aliphatic heterocycles. The van der Waals surface area contributed by atoms with E-state index < -0.39 is 0 Å². The fourth-order valence-electron chi connectivity index (χ4n) is 1.37. The number of nitrogens with one attached hydrogen (secondary N) is 1. The standard InChI is InChI=1S/C10H24N2/c1-5-12(9-10(2)3)8-6-7-11-4/h10-11H,5-9H2,1-4H3. The zero-order chi connectivity index (χ0) is 9.40. The fraction of sp³-hybridized carbons (Fsp3) is 1.00. The fourth-order valence-corrected chi connectivity index (χ4v) is 1.37. The van der Waals surface area contributed by atoms with E-state index in [0.29, 0.717) is 0 Å². The summed E-state index contributed by atoms with van der Waals surface area (Å²) < 4.78 is 0. The number of hydrogen-bond donors (Lipinski definition) is 1. The van der Waals surface area contributed by atoms with Crippen molar-refractivity contribution in [3.63, 3.8) is 0 Å². The number of nitrogens with zero attached hydrogens (tertiary/aromatic N) is 1. The molecule has 12 heavy (non-hydrogen) atoms. The van der Waals surface area contributed by atoms with E-state index in [1.54, 1.807) is 0 Å². The van der Waals surface area contributed by atoms with Crippen molar-refractivity contribution in [1.82, 2.24) is 10.2 Å². The maximum absolute atomic E-state index is 3.17. The molecule has 2 heteroatoms. The first-order valence-corrected chi connectivity index (χ1v) is 5.07. The molecule has 74 valence electrons. The average Bonchev–Trinajstić information content (AvgIpc) is 2.02. The molecule has 0 aromatic heterocycles. The predicted molar refractivity (Wildman–Crippen MR) is 55.5 cm³/mol. The Balaban J connectivity index is 3.39. The molecular formula is C10H24N2. The van der Waals surface area contributed by atoms with Crippen molar-refractivity contribution in [3.05, 3.63) is 0 Å². The van der Waals surface area contributed by atoms with Gasteiger partial charge in [0.25, 0.3) is 0 Å². The van der Waals surface area contributed by atoms with Gasteiger partial charge in [0.05, 0.1) is 0 Å². The first kappa shape index (κ1) is 11.9. The van der Waals surface area contributed by atoms with Gasteiger partial charge in [-0.25, -0.2) is 0 Å². The van der Waals surface area contributed by atoms with Gasteiger partial charge in [0.1, 0.15) is 0 Å². The molecule has 2 nitrogen and oxygen atoms in total. The summed E-state index contributed by atoms with van der Waals surface area (Å²) >= 11 is 0. The Morgan fingerprint density at radius 1 is 1.33 bits per heavy atom. The normalized spacial score (nSPS) is 11.5. The van der Waals surface area contributed by atoms with Crippen molar-refractivity contribution >= 4 is 0 Å². The lowest BCUT2D eigenvalue weighted by atomic mass is 10.2. The lowest BCUT2D eigenvalue weighted by Crippen LogP contribution is -2.30. The minimum absolute atomic E-state index is 0.791. The maximum Gasteiger partial charge on any atom is 0.000428 e. The van der Waals surface area contributed by atoms with Crippen LogP contribution in [0, 0.1) is 5.92 Å². The summed E-state index contributed by atoms with van der Waals surface area (Å²) in [6.07, 6.45) is 1.26. The molecule has 0 heterocycles. The van der Waals surface area contributed by atoms with Crippen molar-refractivity contribution in [1.29, 1.82) is 0 Å². The zero-order valence-electron chi connectivity index (χ0n) is 9.06. The number of hydrogen-bond acceptors (Lipinski definition) is 2. The molecule has 0 atom stereocenters. The third-order valence-corrected chi connectivity index (χ3v) is 1.97. The third-order valence-electron chi connectivity index (χ3n) is 1.97. The Labute approximate surface area is 77.3 Å². The molecule has 0 saturated carbocycles. The summed E-state index contributed by atoms with van der Waals surface area (Å²) in [5, 5.41) is 3.17.